The van der Waals surface area contributed by atoms with Crippen molar-refractivity contribution in [3.8, 4) is 33.4 Å². The first-order chi connectivity index (χ1) is 25.8. The van der Waals surface area contributed by atoms with Gasteiger partial charge in [0.1, 0.15) is 0 Å². The lowest BCUT2D eigenvalue weighted by atomic mass is 9.95. The molecular formula is C50H33NS. The third-order valence-electron chi connectivity index (χ3n) is 10.2. The van der Waals surface area contributed by atoms with E-state index in [-0.39, 0.29) is 0 Å². The van der Waals surface area contributed by atoms with Crippen LogP contribution in [-0.4, -0.2) is 0 Å². The number of anilines is 3. The van der Waals surface area contributed by atoms with Gasteiger partial charge in [-0.25, -0.2) is 0 Å². The molecule has 0 spiro atoms. The zero-order valence-corrected chi connectivity index (χ0v) is 29.2. The van der Waals surface area contributed by atoms with Crippen molar-refractivity contribution >= 4 is 70.1 Å². The Morgan fingerprint density at radius 1 is 0.308 bits per heavy atom. The molecule has 10 aromatic rings. The average Bonchev–Trinajstić information content (AvgIpc) is 3.60. The molecule has 0 aliphatic carbocycles. The summed E-state index contributed by atoms with van der Waals surface area (Å²) < 4.78 is 2.59. The molecule has 52 heavy (non-hydrogen) atoms. The SMILES string of the molecule is c1ccc(-c2ccc(N(c3cccc(-c4ccccc4)c3)c3ccc4sc5cccc(-c6ccc7c(ccc8ccccc87)c6)c5c4c3)cc2)cc1. The van der Waals surface area contributed by atoms with E-state index in [2.05, 4.69) is 205 Å². The van der Waals surface area contributed by atoms with Crippen molar-refractivity contribution < 1.29 is 0 Å². The van der Waals surface area contributed by atoms with Gasteiger partial charge in [-0.3, -0.25) is 0 Å². The molecule has 0 N–H and O–H groups in total. The van der Waals surface area contributed by atoms with Crippen molar-refractivity contribution in [2.24, 2.45) is 0 Å². The second kappa shape index (κ2) is 12.7. The van der Waals surface area contributed by atoms with Gasteiger partial charge in [-0.05, 0) is 110 Å². The lowest BCUT2D eigenvalue weighted by molar-refractivity contribution is 1.29. The van der Waals surface area contributed by atoms with Gasteiger partial charge in [-0.1, -0.05) is 146 Å². The summed E-state index contributed by atoms with van der Waals surface area (Å²) in [5.41, 5.74) is 10.7. The Labute approximate surface area is 307 Å². The molecule has 0 radical (unpaired) electrons. The molecule has 0 unspecified atom stereocenters. The summed E-state index contributed by atoms with van der Waals surface area (Å²) in [5, 5.41) is 7.70. The highest BCUT2D eigenvalue weighted by molar-refractivity contribution is 7.26. The van der Waals surface area contributed by atoms with Crippen LogP contribution in [0.25, 0.3) is 75.1 Å². The van der Waals surface area contributed by atoms with Crippen molar-refractivity contribution in [3.05, 3.63) is 200 Å². The molecular weight excluding hydrogens is 647 g/mol. The lowest BCUT2D eigenvalue weighted by Crippen LogP contribution is -2.10. The van der Waals surface area contributed by atoms with E-state index in [1.165, 1.54) is 75.1 Å². The maximum absolute atomic E-state index is 2.40. The minimum atomic E-state index is 1.12. The van der Waals surface area contributed by atoms with Crippen molar-refractivity contribution in [1.29, 1.82) is 0 Å². The fraction of sp³-hybridized carbons (Fsp3) is 0. The Kier molecular flexibility index (Phi) is 7.41. The summed E-state index contributed by atoms with van der Waals surface area (Å²) in [6.45, 7) is 0. The molecule has 10 rings (SSSR count). The van der Waals surface area contributed by atoms with Gasteiger partial charge in [0.25, 0.3) is 0 Å². The molecule has 244 valence electrons. The third-order valence-corrected chi connectivity index (χ3v) is 11.4. The van der Waals surface area contributed by atoms with Crippen LogP contribution in [-0.2, 0) is 0 Å². The van der Waals surface area contributed by atoms with Crippen LogP contribution in [0.5, 0.6) is 0 Å². The minimum absolute atomic E-state index is 1.12. The number of benzene rings is 9. The molecule has 2 heteroatoms. The van der Waals surface area contributed by atoms with Gasteiger partial charge in [-0.2, -0.15) is 0 Å². The van der Waals surface area contributed by atoms with E-state index in [4.69, 9.17) is 0 Å². The Hall–Kier alpha value is -6.48. The first-order valence-corrected chi connectivity index (χ1v) is 18.6. The Morgan fingerprint density at radius 2 is 0.923 bits per heavy atom. The van der Waals surface area contributed by atoms with Gasteiger partial charge >= 0.3 is 0 Å². The Bertz CT molecular complexity index is 2890. The molecule has 9 aromatic carbocycles. The number of hydrogen-bond donors (Lipinski definition) is 0. The fourth-order valence-electron chi connectivity index (χ4n) is 7.71. The summed E-state index contributed by atoms with van der Waals surface area (Å²) in [4.78, 5) is 2.40. The predicted molar refractivity (Wildman–Crippen MR) is 225 cm³/mol. The van der Waals surface area contributed by atoms with Crippen LogP contribution in [0.1, 0.15) is 0 Å². The summed E-state index contributed by atoms with van der Waals surface area (Å²) in [6, 6.07) is 72.9. The zero-order valence-electron chi connectivity index (χ0n) is 28.4. The average molecular weight is 680 g/mol. The normalized spacial score (nSPS) is 11.5. The monoisotopic (exact) mass is 679 g/mol. The number of nitrogens with zero attached hydrogens (tertiary/aromatic N) is 1. The number of rotatable bonds is 6. The topological polar surface area (TPSA) is 3.24 Å². The Balaban J connectivity index is 1.14. The summed E-state index contributed by atoms with van der Waals surface area (Å²) >= 11 is 1.87. The molecule has 0 atom stereocenters. The second-order valence-electron chi connectivity index (χ2n) is 13.3. The van der Waals surface area contributed by atoms with Crippen molar-refractivity contribution in [3.63, 3.8) is 0 Å². The minimum Gasteiger partial charge on any atom is -0.310 e. The molecule has 0 aliphatic heterocycles. The standard InChI is InChI=1S/C50H33NS/c1-3-11-34(12-4-1)36-23-26-41(27-24-36)51(42-17-9-16-38(32-42)35-13-5-2-6-14-35)43-28-30-48-47(33-43)50-46(19-10-20-49(50)52-48)40-25-29-45-39(31-40)22-21-37-15-7-8-18-44(37)45/h1-33H. The fourth-order valence-corrected chi connectivity index (χ4v) is 8.82. The molecule has 0 bridgehead atoms. The largest absolute Gasteiger partial charge is 0.310 e. The molecule has 1 nitrogen and oxygen atoms in total. The number of hydrogen-bond acceptors (Lipinski definition) is 2. The maximum Gasteiger partial charge on any atom is 0.0468 e. The summed E-state index contributed by atoms with van der Waals surface area (Å²) in [6.07, 6.45) is 0. The van der Waals surface area contributed by atoms with Gasteiger partial charge in [-0.15, -0.1) is 11.3 Å². The molecule has 1 aromatic heterocycles. The van der Waals surface area contributed by atoms with Crippen LogP contribution in [0.4, 0.5) is 17.1 Å². The first kappa shape index (κ1) is 30.4. The predicted octanol–water partition coefficient (Wildman–Crippen LogP) is 14.8. The van der Waals surface area contributed by atoms with E-state index in [0.29, 0.717) is 0 Å². The van der Waals surface area contributed by atoms with E-state index in [9.17, 15) is 0 Å². The van der Waals surface area contributed by atoms with Gasteiger partial charge in [0, 0.05) is 37.2 Å². The van der Waals surface area contributed by atoms with Gasteiger partial charge < -0.3 is 4.90 Å². The van der Waals surface area contributed by atoms with Crippen molar-refractivity contribution in [2.45, 2.75) is 0 Å². The van der Waals surface area contributed by atoms with Crippen LogP contribution in [0.15, 0.2) is 200 Å². The van der Waals surface area contributed by atoms with E-state index in [0.717, 1.165) is 17.1 Å². The quantitative estimate of drug-likeness (QED) is 0.158. The van der Waals surface area contributed by atoms with Gasteiger partial charge in [0.15, 0.2) is 0 Å². The van der Waals surface area contributed by atoms with Crippen LogP contribution in [0.3, 0.4) is 0 Å². The molecule has 0 aliphatic rings. The summed E-state index contributed by atoms with van der Waals surface area (Å²) in [7, 11) is 0. The van der Waals surface area contributed by atoms with Crippen molar-refractivity contribution in [1.82, 2.24) is 0 Å². The van der Waals surface area contributed by atoms with Crippen LogP contribution in [0.2, 0.25) is 0 Å². The van der Waals surface area contributed by atoms with Crippen LogP contribution >= 0.6 is 11.3 Å². The first-order valence-electron chi connectivity index (χ1n) is 17.8. The highest BCUT2D eigenvalue weighted by Crippen LogP contribution is 2.45. The van der Waals surface area contributed by atoms with E-state index < -0.39 is 0 Å². The number of fused-ring (bicyclic) bond motifs is 6. The van der Waals surface area contributed by atoms with Gasteiger partial charge in [0.05, 0.1) is 0 Å². The molecule has 0 fully saturated rings. The number of thiophene rings is 1. The van der Waals surface area contributed by atoms with E-state index >= 15 is 0 Å². The van der Waals surface area contributed by atoms with E-state index in [1.807, 2.05) is 11.3 Å². The highest BCUT2D eigenvalue weighted by Gasteiger charge is 2.18. The lowest BCUT2D eigenvalue weighted by Gasteiger charge is -2.26. The zero-order chi connectivity index (χ0) is 34.4. The van der Waals surface area contributed by atoms with E-state index in [1.54, 1.807) is 0 Å². The molecule has 0 saturated carbocycles. The maximum atomic E-state index is 2.40. The van der Waals surface area contributed by atoms with Crippen molar-refractivity contribution in [2.75, 3.05) is 4.90 Å². The summed E-state index contributed by atoms with van der Waals surface area (Å²) in [5.74, 6) is 0. The van der Waals surface area contributed by atoms with Crippen LogP contribution in [0, 0.1) is 0 Å². The smallest absolute Gasteiger partial charge is 0.0468 e. The molecule has 0 saturated heterocycles. The third kappa shape index (κ3) is 5.33. The molecule has 0 amide bonds. The highest BCUT2D eigenvalue weighted by atomic mass is 32.1. The second-order valence-corrected chi connectivity index (χ2v) is 14.4. The van der Waals surface area contributed by atoms with Crippen LogP contribution < -0.4 is 4.90 Å². The Morgan fingerprint density at radius 3 is 1.75 bits per heavy atom. The molecule has 1 heterocycles. The van der Waals surface area contributed by atoms with Gasteiger partial charge in [0.2, 0.25) is 0 Å².